The minimum atomic E-state index is 0.358. The molecule has 3 rings (SSSR count). The van der Waals surface area contributed by atoms with Gasteiger partial charge in [-0.15, -0.1) is 0 Å². The fraction of sp³-hybridized carbons (Fsp3) is 0.750. The Morgan fingerprint density at radius 2 is 1.84 bits per heavy atom. The Kier molecular flexibility index (Phi) is 4.00. The maximum absolute atomic E-state index is 12.0. The third-order valence-corrected chi connectivity index (χ3v) is 4.80. The predicted octanol–water partition coefficient (Wildman–Crippen LogP) is 3.69. The minimum Gasteiger partial charge on any atom is -0.299 e. The van der Waals surface area contributed by atoms with E-state index >= 15 is 0 Å². The Hall–Kier alpha value is -1.12. The standard InChI is InChI=1S/C16H24N2O/c19-16(13-5-1-2-6-13)10-9-14-11-12-18(17-14)15-7-3-4-8-15/h11-13,15H,1-10H2. The van der Waals surface area contributed by atoms with Crippen LogP contribution in [0.1, 0.15) is 69.5 Å². The van der Waals surface area contributed by atoms with Gasteiger partial charge in [0.25, 0.3) is 0 Å². The first-order valence-corrected chi connectivity index (χ1v) is 7.89. The van der Waals surface area contributed by atoms with Crippen LogP contribution in [0.25, 0.3) is 0 Å². The number of ketones is 1. The molecule has 0 aliphatic heterocycles. The molecular formula is C16H24N2O. The molecule has 2 saturated carbocycles. The summed E-state index contributed by atoms with van der Waals surface area (Å²) in [5.41, 5.74) is 1.10. The van der Waals surface area contributed by atoms with E-state index < -0.39 is 0 Å². The molecule has 2 aliphatic rings. The molecule has 1 heterocycles. The van der Waals surface area contributed by atoms with Crippen LogP contribution < -0.4 is 0 Å². The van der Waals surface area contributed by atoms with Crippen LogP contribution in [0.3, 0.4) is 0 Å². The van der Waals surface area contributed by atoms with Crippen molar-refractivity contribution in [3.63, 3.8) is 0 Å². The third kappa shape index (κ3) is 3.07. The summed E-state index contributed by atoms with van der Waals surface area (Å²) in [5.74, 6) is 0.824. The monoisotopic (exact) mass is 260 g/mol. The van der Waals surface area contributed by atoms with E-state index in [4.69, 9.17) is 0 Å². The van der Waals surface area contributed by atoms with Crippen LogP contribution in [0, 0.1) is 5.92 Å². The molecule has 3 nitrogen and oxygen atoms in total. The Morgan fingerprint density at radius 1 is 1.16 bits per heavy atom. The SMILES string of the molecule is O=C(CCc1ccn(C2CCCC2)n1)C1CCCC1. The molecule has 1 aromatic heterocycles. The molecule has 0 unspecified atom stereocenters. The lowest BCUT2D eigenvalue weighted by molar-refractivity contribution is -0.122. The first-order chi connectivity index (χ1) is 9.33. The zero-order valence-corrected chi connectivity index (χ0v) is 11.7. The number of carbonyl (C=O) groups is 1. The van der Waals surface area contributed by atoms with Gasteiger partial charge in [-0.2, -0.15) is 5.10 Å². The van der Waals surface area contributed by atoms with E-state index in [1.165, 1.54) is 38.5 Å². The van der Waals surface area contributed by atoms with Crippen molar-refractivity contribution in [1.29, 1.82) is 0 Å². The Labute approximate surface area is 115 Å². The summed E-state index contributed by atoms with van der Waals surface area (Å²) in [6.45, 7) is 0. The number of carbonyl (C=O) groups excluding carboxylic acids is 1. The van der Waals surface area contributed by atoms with E-state index in [1.807, 2.05) is 0 Å². The van der Waals surface area contributed by atoms with Gasteiger partial charge in [-0.1, -0.05) is 25.7 Å². The number of rotatable bonds is 5. The number of hydrogen-bond acceptors (Lipinski definition) is 2. The second kappa shape index (κ2) is 5.89. The summed E-state index contributed by atoms with van der Waals surface area (Å²) in [6, 6.07) is 2.71. The Bertz CT molecular complexity index is 426. The van der Waals surface area contributed by atoms with Crippen LogP contribution in [0.4, 0.5) is 0 Å². The highest BCUT2D eigenvalue weighted by atomic mass is 16.1. The summed E-state index contributed by atoms with van der Waals surface area (Å²) < 4.78 is 2.13. The summed E-state index contributed by atoms with van der Waals surface area (Å²) in [7, 11) is 0. The summed E-state index contributed by atoms with van der Waals surface area (Å²) >= 11 is 0. The number of Topliss-reactive ketones (excluding diaryl/α,β-unsaturated/α-hetero) is 1. The van der Waals surface area contributed by atoms with Gasteiger partial charge in [0.15, 0.2) is 0 Å². The maximum Gasteiger partial charge on any atom is 0.136 e. The molecule has 0 N–H and O–H groups in total. The molecular weight excluding hydrogens is 236 g/mol. The van der Waals surface area contributed by atoms with Crippen LogP contribution in [0.15, 0.2) is 12.3 Å². The molecule has 1 aromatic rings. The van der Waals surface area contributed by atoms with Gasteiger partial charge in [0.2, 0.25) is 0 Å². The largest absolute Gasteiger partial charge is 0.299 e. The van der Waals surface area contributed by atoms with E-state index in [1.54, 1.807) is 0 Å². The van der Waals surface area contributed by atoms with Crippen molar-refractivity contribution in [1.82, 2.24) is 9.78 Å². The number of aryl methyl sites for hydroxylation is 1. The highest BCUT2D eigenvalue weighted by molar-refractivity contribution is 5.81. The Morgan fingerprint density at radius 3 is 2.58 bits per heavy atom. The molecule has 19 heavy (non-hydrogen) atoms. The van der Waals surface area contributed by atoms with Crippen molar-refractivity contribution < 1.29 is 4.79 Å². The van der Waals surface area contributed by atoms with Crippen molar-refractivity contribution in [2.24, 2.45) is 5.92 Å². The van der Waals surface area contributed by atoms with Crippen LogP contribution in [0.5, 0.6) is 0 Å². The van der Waals surface area contributed by atoms with Crippen LogP contribution >= 0.6 is 0 Å². The first kappa shape index (κ1) is 12.9. The van der Waals surface area contributed by atoms with Crippen LogP contribution in [-0.2, 0) is 11.2 Å². The second-order valence-corrected chi connectivity index (χ2v) is 6.17. The van der Waals surface area contributed by atoms with Crippen molar-refractivity contribution >= 4 is 5.78 Å². The minimum absolute atomic E-state index is 0.358. The first-order valence-electron chi connectivity index (χ1n) is 7.89. The van der Waals surface area contributed by atoms with Gasteiger partial charge in [-0.25, -0.2) is 0 Å². The molecule has 0 radical (unpaired) electrons. The highest BCUT2D eigenvalue weighted by Crippen LogP contribution is 2.29. The maximum atomic E-state index is 12.0. The molecule has 0 spiro atoms. The van der Waals surface area contributed by atoms with Crippen LogP contribution in [-0.4, -0.2) is 15.6 Å². The number of nitrogens with zero attached hydrogens (tertiary/aromatic N) is 2. The van der Waals surface area contributed by atoms with Gasteiger partial charge >= 0.3 is 0 Å². The molecule has 2 aliphatic carbocycles. The highest BCUT2D eigenvalue weighted by Gasteiger charge is 2.22. The van der Waals surface area contributed by atoms with Gasteiger partial charge in [0, 0.05) is 18.5 Å². The normalized spacial score (nSPS) is 21.3. The van der Waals surface area contributed by atoms with Gasteiger partial charge in [0.1, 0.15) is 5.78 Å². The molecule has 0 bridgehead atoms. The second-order valence-electron chi connectivity index (χ2n) is 6.17. The van der Waals surface area contributed by atoms with Crippen LogP contribution in [0.2, 0.25) is 0 Å². The lowest BCUT2D eigenvalue weighted by atomic mass is 9.98. The number of hydrogen-bond donors (Lipinski definition) is 0. The van der Waals surface area contributed by atoms with Gasteiger partial charge in [-0.3, -0.25) is 9.48 Å². The van der Waals surface area contributed by atoms with Crippen molar-refractivity contribution in [2.45, 2.75) is 70.3 Å². The fourth-order valence-corrected chi connectivity index (χ4v) is 3.59. The molecule has 0 atom stereocenters. The molecule has 0 aromatic carbocycles. The summed E-state index contributed by atoms with van der Waals surface area (Å²) in [4.78, 5) is 12.0. The van der Waals surface area contributed by atoms with Crippen molar-refractivity contribution in [3.8, 4) is 0 Å². The van der Waals surface area contributed by atoms with E-state index in [2.05, 4.69) is 22.0 Å². The van der Waals surface area contributed by atoms with E-state index in [9.17, 15) is 4.79 Å². The summed E-state index contributed by atoms with van der Waals surface area (Å²) in [6.07, 6.45) is 13.5. The lowest BCUT2D eigenvalue weighted by Crippen LogP contribution is -2.12. The average molecular weight is 260 g/mol. The molecule has 0 amide bonds. The zero-order chi connectivity index (χ0) is 13.1. The van der Waals surface area contributed by atoms with Gasteiger partial charge in [-0.05, 0) is 38.2 Å². The average Bonchev–Trinajstić information content (AvgIpc) is 3.14. The quantitative estimate of drug-likeness (QED) is 0.809. The number of aromatic nitrogens is 2. The van der Waals surface area contributed by atoms with Gasteiger partial charge in [0.05, 0.1) is 11.7 Å². The van der Waals surface area contributed by atoms with Crippen molar-refractivity contribution in [2.75, 3.05) is 0 Å². The molecule has 104 valence electrons. The topological polar surface area (TPSA) is 34.9 Å². The predicted molar refractivity (Wildman–Crippen MR) is 75.0 cm³/mol. The molecule has 3 heteroatoms. The van der Waals surface area contributed by atoms with E-state index in [0.29, 0.717) is 24.2 Å². The third-order valence-electron chi connectivity index (χ3n) is 4.80. The lowest BCUT2D eigenvalue weighted by Gasteiger charge is -2.09. The Balaban J connectivity index is 1.51. The van der Waals surface area contributed by atoms with E-state index in [-0.39, 0.29) is 0 Å². The van der Waals surface area contributed by atoms with Gasteiger partial charge < -0.3 is 0 Å². The van der Waals surface area contributed by atoms with Crippen molar-refractivity contribution in [3.05, 3.63) is 18.0 Å². The fourth-order valence-electron chi connectivity index (χ4n) is 3.59. The molecule has 0 saturated heterocycles. The summed E-state index contributed by atoms with van der Waals surface area (Å²) in [5, 5.41) is 4.66. The molecule has 2 fully saturated rings. The smallest absolute Gasteiger partial charge is 0.136 e. The van der Waals surface area contributed by atoms with E-state index in [0.717, 1.165) is 25.0 Å². The zero-order valence-electron chi connectivity index (χ0n) is 11.7.